The van der Waals surface area contributed by atoms with Gasteiger partial charge in [0.2, 0.25) is 11.8 Å². The number of aromatic nitrogens is 4. The summed E-state index contributed by atoms with van der Waals surface area (Å²) in [5.74, 6) is -4.67. The third kappa shape index (κ3) is 6.80. The van der Waals surface area contributed by atoms with Gasteiger partial charge in [0.05, 0.1) is 35.8 Å². The van der Waals surface area contributed by atoms with Crippen LogP contribution in [0.25, 0.3) is 16.9 Å². The molecule has 0 radical (unpaired) electrons. The van der Waals surface area contributed by atoms with Gasteiger partial charge in [0.15, 0.2) is 22.9 Å². The van der Waals surface area contributed by atoms with Gasteiger partial charge in [0.25, 0.3) is 17.7 Å². The number of amides is 4. The molecule has 1 aliphatic carbocycles. The van der Waals surface area contributed by atoms with Crippen molar-refractivity contribution in [2.75, 3.05) is 56.1 Å². The molecule has 3 saturated heterocycles. The van der Waals surface area contributed by atoms with Gasteiger partial charge in [0, 0.05) is 80.1 Å². The lowest BCUT2D eigenvalue weighted by molar-refractivity contribution is -0.220. The van der Waals surface area contributed by atoms with Crippen molar-refractivity contribution in [1.29, 1.82) is 0 Å². The van der Waals surface area contributed by atoms with Crippen LogP contribution >= 0.6 is 11.6 Å². The number of hydrogen-bond acceptors (Lipinski definition) is 11. The molecule has 4 amide bonds. The van der Waals surface area contributed by atoms with Gasteiger partial charge in [-0.1, -0.05) is 29.8 Å². The number of ether oxygens (including phenoxy) is 1. The molecule has 5 aromatic rings. The topological polar surface area (TPSA) is 166 Å². The van der Waals surface area contributed by atoms with Gasteiger partial charge in [0.1, 0.15) is 18.5 Å². The maximum atomic E-state index is 16.0. The zero-order valence-electron chi connectivity index (χ0n) is 34.4. The van der Waals surface area contributed by atoms with E-state index in [4.69, 9.17) is 26.4 Å². The molecule has 0 bridgehead atoms. The number of carbonyl (C=O) groups excluding carboxylic acids is 4. The lowest BCUT2D eigenvalue weighted by Crippen LogP contribution is -2.70. The molecule has 19 heteroatoms. The molecule has 2 aromatic carbocycles. The van der Waals surface area contributed by atoms with Crippen molar-refractivity contribution in [2.45, 2.75) is 62.7 Å². The van der Waals surface area contributed by atoms with Crippen LogP contribution in [0.1, 0.15) is 69.1 Å². The van der Waals surface area contributed by atoms with Gasteiger partial charge in [-0.05, 0) is 66.3 Å². The molecule has 3 N–H and O–H groups in total. The van der Waals surface area contributed by atoms with E-state index in [-0.39, 0.29) is 67.5 Å². The number of pyridine rings is 1. The lowest BCUT2D eigenvalue weighted by atomic mass is 9.69. The van der Waals surface area contributed by atoms with E-state index in [1.165, 1.54) is 33.8 Å². The number of carbonyl (C=O) groups is 4. The van der Waals surface area contributed by atoms with Crippen LogP contribution in [0.2, 0.25) is 5.02 Å². The van der Waals surface area contributed by atoms with Crippen LogP contribution in [0.4, 0.5) is 30.4 Å². The Hall–Kier alpha value is -6.27. The average Bonchev–Trinajstić information content (AvgIpc) is 3.58. The monoisotopic (exact) mass is 894 g/mol. The second-order valence-electron chi connectivity index (χ2n) is 17.6. The number of rotatable bonds is 8. The Kier molecular flexibility index (Phi) is 9.61. The van der Waals surface area contributed by atoms with Gasteiger partial charge in [-0.3, -0.25) is 34.4 Å². The fraction of sp³-hybridized carbons (Fsp3) is 0.400. The summed E-state index contributed by atoms with van der Waals surface area (Å²) in [4.78, 5) is 65.4. The second kappa shape index (κ2) is 15.2. The van der Waals surface area contributed by atoms with Crippen molar-refractivity contribution in [1.82, 2.24) is 40.0 Å². The first-order valence-electron chi connectivity index (χ1n) is 21.5. The zero-order valence-corrected chi connectivity index (χ0v) is 35.1. The highest BCUT2D eigenvalue weighted by Crippen LogP contribution is 2.51. The van der Waals surface area contributed by atoms with Crippen LogP contribution in [0.3, 0.4) is 0 Å². The lowest BCUT2D eigenvalue weighted by Gasteiger charge is -2.57. The van der Waals surface area contributed by atoms with Crippen molar-refractivity contribution in [3.8, 4) is 17.0 Å². The zero-order chi connectivity index (χ0) is 44.1. The summed E-state index contributed by atoms with van der Waals surface area (Å²) in [5, 5.41) is 13.5. The van der Waals surface area contributed by atoms with Crippen molar-refractivity contribution >= 4 is 58.1 Å². The summed E-state index contributed by atoms with van der Waals surface area (Å²) in [6.45, 7) is 1.80. The molecular formula is C45H42ClF3N10O5. The Morgan fingerprint density at radius 1 is 1.02 bits per heavy atom. The fourth-order valence-electron chi connectivity index (χ4n) is 9.93. The van der Waals surface area contributed by atoms with Crippen LogP contribution < -0.4 is 25.6 Å². The fourth-order valence-corrected chi connectivity index (χ4v) is 10.2. The first kappa shape index (κ1) is 40.5. The number of anilines is 3. The number of nitrogens with one attached hydrogen (secondary N) is 3. The van der Waals surface area contributed by atoms with Gasteiger partial charge in [-0.25, -0.2) is 22.7 Å². The summed E-state index contributed by atoms with van der Waals surface area (Å²) in [6, 6.07) is 13.8. The number of imidazole rings is 1. The largest absolute Gasteiger partial charge is 0.486 e. The van der Waals surface area contributed by atoms with E-state index in [2.05, 4.69) is 25.8 Å². The smallest absolute Gasteiger partial charge is 0.273 e. The number of halogens is 4. The summed E-state index contributed by atoms with van der Waals surface area (Å²) >= 11 is 6.39. The van der Waals surface area contributed by atoms with E-state index in [0.29, 0.717) is 61.1 Å². The number of hydrogen-bond donors (Lipinski definition) is 3. The molecule has 1 spiro atoms. The van der Waals surface area contributed by atoms with Gasteiger partial charge < -0.3 is 25.2 Å². The number of alkyl halides is 3. The highest BCUT2D eigenvalue weighted by atomic mass is 35.5. The number of fused-ring (bicyclic) bond motifs is 4. The molecular weight excluding hydrogens is 853 g/mol. The third-order valence-electron chi connectivity index (χ3n) is 13.5. The molecule has 5 aliphatic heterocycles. The Bertz CT molecular complexity index is 2780. The Morgan fingerprint density at radius 3 is 2.62 bits per heavy atom. The van der Waals surface area contributed by atoms with Crippen LogP contribution in [-0.2, 0) is 22.6 Å². The van der Waals surface area contributed by atoms with E-state index >= 15 is 8.78 Å². The van der Waals surface area contributed by atoms with E-state index in [1.54, 1.807) is 6.20 Å². The number of piperidine rings is 2. The minimum absolute atomic E-state index is 0.137. The number of benzene rings is 2. The molecule has 11 rings (SSSR count). The van der Waals surface area contributed by atoms with Crippen LogP contribution in [0.5, 0.6) is 5.75 Å². The molecule has 1 saturated carbocycles. The minimum atomic E-state index is -3.13. The van der Waals surface area contributed by atoms with E-state index in [1.807, 2.05) is 35.2 Å². The number of likely N-dealkylation sites (tertiary alicyclic amines) is 2. The minimum Gasteiger partial charge on any atom is -0.486 e. The summed E-state index contributed by atoms with van der Waals surface area (Å²) < 4.78 is 53.3. The standard InChI is InChI=1S/C45H42ClF3N10O5/c46-30-7-5-25(16-29(30)28-6-9-36(60)54-41(28)61)43(63)57-14-11-44(45(48,49)23-57)21-56(22-44)20-24-4-8-32(51-18-24)26-2-1-3-34-27(26)10-13-58(34)40-38-37(50-12-15-64-38)39-52-19-35(59(39)55-40)42(62)53-33-17-31(33)47/h1-5,7-8,16,18-19,28,31,33,50H,6,9-15,17,20-23H2,(H,53,62)(H,54,60,61)/t28?,31-,33+/m0/s1. The normalized spacial score (nSPS) is 23.2. The van der Waals surface area contributed by atoms with Crippen LogP contribution in [0.15, 0.2) is 60.9 Å². The maximum Gasteiger partial charge on any atom is 0.273 e. The third-order valence-corrected chi connectivity index (χ3v) is 13.9. The molecule has 3 atom stereocenters. The first-order chi connectivity index (χ1) is 30.9. The SMILES string of the molecule is O=C1CCC(c2cc(C(=O)N3CCC4(CN(Cc5ccc(-c6cccc7c6CCN7c6nn7c(C(=O)N[C@@H]8C[C@@H]8F)cnc7c7c6OCCN7)nc5)C4)C(F)(F)C3)ccc2Cl)C(=O)N1. The average molecular weight is 895 g/mol. The van der Waals surface area contributed by atoms with Crippen molar-refractivity contribution in [2.24, 2.45) is 5.41 Å². The quantitative estimate of drug-likeness (QED) is 0.174. The van der Waals surface area contributed by atoms with Crippen LogP contribution in [0, 0.1) is 5.41 Å². The number of nitrogens with zero attached hydrogens (tertiary/aromatic N) is 7. The molecule has 15 nitrogen and oxygen atoms in total. The maximum absolute atomic E-state index is 16.0. The van der Waals surface area contributed by atoms with Crippen molar-refractivity contribution < 1.29 is 37.1 Å². The summed E-state index contributed by atoms with van der Waals surface area (Å²) in [6.07, 6.45) is 3.66. The molecule has 64 heavy (non-hydrogen) atoms. The summed E-state index contributed by atoms with van der Waals surface area (Å²) in [7, 11) is 0. The van der Waals surface area contributed by atoms with Crippen LogP contribution in [-0.4, -0.2) is 117 Å². The Balaban J connectivity index is 0.758. The Morgan fingerprint density at radius 2 is 1.86 bits per heavy atom. The predicted octanol–water partition coefficient (Wildman–Crippen LogP) is 5.29. The molecule has 4 fully saturated rings. The van der Waals surface area contributed by atoms with Gasteiger partial charge >= 0.3 is 0 Å². The second-order valence-corrected chi connectivity index (χ2v) is 18.0. The molecule has 6 aliphatic rings. The highest BCUT2D eigenvalue weighted by molar-refractivity contribution is 6.32. The molecule has 330 valence electrons. The molecule has 1 unspecified atom stereocenters. The van der Waals surface area contributed by atoms with Gasteiger partial charge in [-0.15, -0.1) is 5.10 Å². The van der Waals surface area contributed by atoms with Gasteiger partial charge in [-0.2, -0.15) is 0 Å². The number of imide groups is 1. The summed E-state index contributed by atoms with van der Waals surface area (Å²) in [5.41, 5.74) is 5.14. The van der Waals surface area contributed by atoms with E-state index in [9.17, 15) is 23.6 Å². The highest BCUT2D eigenvalue weighted by Gasteiger charge is 2.63. The first-order valence-corrected chi connectivity index (χ1v) is 21.8. The predicted molar refractivity (Wildman–Crippen MR) is 228 cm³/mol. The van der Waals surface area contributed by atoms with E-state index in [0.717, 1.165) is 28.1 Å². The van der Waals surface area contributed by atoms with E-state index < -0.39 is 53.7 Å². The Labute approximate surface area is 369 Å². The van der Waals surface area contributed by atoms with Crippen molar-refractivity contribution in [3.05, 3.63) is 93.9 Å². The molecule has 3 aromatic heterocycles. The molecule has 8 heterocycles. The van der Waals surface area contributed by atoms with Crippen molar-refractivity contribution in [3.63, 3.8) is 0 Å².